The van der Waals surface area contributed by atoms with Gasteiger partial charge in [-0.05, 0) is 56.7 Å². The second-order valence-corrected chi connectivity index (χ2v) is 7.72. The Morgan fingerprint density at radius 2 is 1.81 bits per heavy atom. The van der Waals surface area contributed by atoms with E-state index in [9.17, 15) is 13.2 Å². The van der Waals surface area contributed by atoms with Gasteiger partial charge in [0.05, 0.1) is 29.3 Å². The predicted octanol–water partition coefficient (Wildman–Crippen LogP) is 3.86. The molecule has 6 heteroatoms. The lowest BCUT2D eigenvalue weighted by Gasteiger charge is -2.25. The molecule has 2 aromatic rings. The number of sulfonamides is 1. The van der Waals surface area contributed by atoms with E-state index in [4.69, 9.17) is 4.74 Å². The van der Waals surface area contributed by atoms with Crippen molar-refractivity contribution in [3.8, 4) is 0 Å². The van der Waals surface area contributed by atoms with E-state index in [2.05, 4.69) is 6.58 Å². The lowest BCUT2D eigenvalue weighted by Crippen LogP contribution is -2.31. The molecule has 0 bridgehead atoms. The predicted molar refractivity (Wildman–Crippen MR) is 103 cm³/mol. The van der Waals surface area contributed by atoms with Crippen LogP contribution in [-0.2, 0) is 14.8 Å². The number of nitrogens with zero attached hydrogens (tertiary/aromatic N) is 1. The fraction of sp³-hybridized carbons (Fsp3) is 0.250. The standard InChI is InChI=1S/C20H23NO4S/c1-5-13-21(26(23,24)18-10-7-15(3)8-11-18)19-12-9-17(14-16(19)4)20(22)25-6-2/h5,7-12,14H,1,6,13H2,2-4H3. The second kappa shape index (κ2) is 8.19. The molecule has 26 heavy (non-hydrogen) atoms. The van der Waals surface area contributed by atoms with Gasteiger partial charge in [0.15, 0.2) is 0 Å². The van der Waals surface area contributed by atoms with Gasteiger partial charge >= 0.3 is 5.97 Å². The highest BCUT2D eigenvalue weighted by molar-refractivity contribution is 7.92. The third-order valence-electron chi connectivity index (χ3n) is 3.88. The summed E-state index contributed by atoms with van der Waals surface area (Å²) in [6.45, 7) is 9.47. The van der Waals surface area contributed by atoms with Crippen LogP contribution in [0.4, 0.5) is 5.69 Å². The SMILES string of the molecule is C=CCN(c1ccc(C(=O)OCC)cc1C)S(=O)(=O)c1ccc(C)cc1. The molecule has 0 saturated carbocycles. The summed E-state index contributed by atoms with van der Waals surface area (Å²) in [6, 6.07) is 11.5. The molecular formula is C20H23NO4S. The van der Waals surface area contributed by atoms with Gasteiger partial charge in [0.25, 0.3) is 10.0 Å². The van der Waals surface area contributed by atoms with Crippen molar-refractivity contribution in [3.63, 3.8) is 0 Å². The highest BCUT2D eigenvalue weighted by atomic mass is 32.2. The quantitative estimate of drug-likeness (QED) is 0.546. The third-order valence-corrected chi connectivity index (χ3v) is 5.67. The van der Waals surface area contributed by atoms with E-state index < -0.39 is 16.0 Å². The van der Waals surface area contributed by atoms with E-state index in [1.165, 1.54) is 10.4 Å². The summed E-state index contributed by atoms with van der Waals surface area (Å²) in [7, 11) is -3.75. The molecule has 0 spiro atoms. The first-order chi connectivity index (χ1) is 12.3. The average Bonchev–Trinajstić information content (AvgIpc) is 2.60. The number of esters is 1. The zero-order valence-corrected chi connectivity index (χ0v) is 16.0. The topological polar surface area (TPSA) is 63.7 Å². The lowest BCUT2D eigenvalue weighted by atomic mass is 10.1. The Hall–Kier alpha value is -2.60. The Morgan fingerprint density at radius 3 is 2.35 bits per heavy atom. The number of ether oxygens (including phenoxy) is 1. The van der Waals surface area contributed by atoms with E-state index in [0.29, 0.717) is 16.8 Å². The van der Waals surface area contributed by atoms with Crippen molar-refractivity contribution in [1.29, 1.82) is 0 Å². The van der Waals surface area contributed by atoms with Gasteiger partial charge in [0, 0.05) is 0 Å². The fourth-order valence-electron chi connectivity index (χ4n) is 2.56. The zero-order valence-electron chi connectivity index (χ0n) is 15.2. The number of benzene rings is 2. The summed E-state index contributed by atoms with van der Waals surface area (Å²) < 4.78 is 32.5. The van der Waals surface area contributed by atoms with E-state index in [1.54, 1.807) is 56.3 Å². The molecule has 0 saturated heterocycles. The Balaban J connectivity index is 2.48. The molecule has 138 valence electrons. The molecule has 0 aliphatic heterocycles. The molecule has 0 radical (unpaired) electrons. The molecule has 0 aliphatic carbocycles. The van der Waals surface area contributed by atoms with Crippen LogP contribution >= 0.6 is 0 Å². The minimum absolute atomic E-state index is 0.121. The summed E-state index contributed by atoms with van der Waals surface area (Å²) in [5.74, 6) is -0.432. The van der Waals surface area contributed by atoms with Gasteiger partial charge < -0.3 is 4.74 Å². The number of hydrogen-bond acceptors (Lipinski definition) is 4. The zero-order chi connectivity index (χ0) is 19.3. The monoisotopic (exact) mass is 373 g/mol. The number of anilines is 1. The Morgan fingerprint density at radius 1 is 1.15 bits per heavy atom. The van der Waals surface area contributed by atoms with Gasteiger partial charge in [-0.3, -0.25) is 4.31 Å². The van der Waals surface area contributed by atoms with Crippen molar-refractivity contribution < 1.29 is 17.9 Å². The number of aryl methyl sites for hydroxylation is 2. The third kappa shape index (κ3) is 4.14. The second-order valence-electron chi connectivity index (χ2n) is 5.86. The molecule has 0 heterocycles. The minimum atomic E-state index is -3.75. The first kappa shape index (κ1) is 19.7. The van der Waals surface area contributed by atoms with Gasteiger partial charge in [0.1, 0.15) is 0 Å². The van der Waals surface area contributed by atoms with E-state index >= 15 is 0 Å². The maximum Gasteiger partial charge on any atom is 0.338 e. The van der Waals surface area contributed by atoms with Gasteiger partial charge in [0.2, 0.25) is 0 Å². The van der Waals surface area contributed by atoms with E-state index in [0.717, 1.165) is 5.56 Å². The van der Waals surface area contributed by atoms with Crippen LogP contribution in [0.25, 0.3) is 0 Å². The maximum absolute atomic E-state index is 13.1. The van der Waals surface area contributed by atoms with Crippen LogP contribution in [0.5, 0.6) is 0 Å². The van der Waals surface area contributed by atoms with Crippen LogP contribution in [-0.4, -0.2) is 27.5 Å². The number of rotatable bonds is 7. The van der Waals surface area contributed by atoms with Crippen molar-refractivity contribution >= 4 is 21.7 Å². The molecule has 2 rings (SSSR count). The maximum atomic E-state index is 13.1. The summed E-state index contributed by atoms with van der Waals surface area (Å²) in [5, 5.41) is 0. The molecule has 0 atom stereocenters. The highest BCUT2D eigenvalue weighted by Crippen LogP contribution is 2.28. The van der Waals surface area contributed by atoms with E-state index in [-0.39, 0.29) is 18.0 Å². The Kier molecular flexibility index (Phi) is 6.21. The van der Waals surface area contributed by atoms with E-state index in [1.807, 2.05) is 6.92 Å². The molecule has 0 aromatic heterocycles. The summed E-state index contributed by atoms with van der Waals surface area (Å²) in [6.07, 6.45) is 1.53. The normalized spacial score (nSPS) is 11.0. The first-order valence-electron chi connectivity index (χ1n) is 8.29. The van der Waals surface area contributed by atoms with Crippen molar-refractivity contribution in [2.45, 2.75) is 25.7 Å². The van der Waals surface area contributed by atoms with Gasteiger partial charge in [-0.15, -0.1) is 6.58 Å². The van der Waals surface area contributed by atoms with Crippen LogP contribution in [0, 0.1) is 13.8 Å². The fourth-order valence-corrected chi connectivity index (χ4v) is 4.06. The molecular weight excluding hydrogens is 350 g/mol. The Bertz CT molecular complexity index is 902. The van der Waals surface area contributed by atoms with Crippen molar-refractivity contribution in [1.82, 2.24) is 0 Å². The van der Waals surface area contributed by atoms with Crippen molar-refractivity contribution in [3.05, 3.63) is 71.8 Å². The van der Waals surface area contributed by atoms with Crippen LogP contribution < -0.4 is 4.31 Å². The van der Waals surface area contributed by atoms with Crippen LogP contribution in [0.15, 0.2) is 60.0 Å². The smallest absolute Gasteiger partial charge is 0.338 e. The number of carbonyl (C=O) groups excluding carboxylic acids is 1. The van der Waals surface area contributed by atoms with Gasteiger partial charge in [-0.2, -0.15) is 0 Å². The summed E-state index contributed by atoms with van der Waals surface area (Å²) in [4.78, 5) is 12.1. The molecule has 5 nitrogen and oxygen atoms in total. The van der Waals surface area contributed by atoms with Gasteiger partial charge in [-0.1, -0.05) is 23.8 Å². The lowest BCUT2D eigenvalue weighted by molar-refractivity contribution is 0.0526. The molecule has 2 aromatic carbocycles. The average molecular weight is 373 g/mol. The van der Waals surface area contributed by atoms with Crippen LogP contribution in [0.3, 0.4) is 0 Å². The Labute approximate surface area is 155 Å². The first-order valence-corrected chi connectivity index (χ1v) is 9.73. The van der Waals surface area contributed by atoms with Crippen molar-refractivity contribution in [2.24, 2.45) is 0 Å². The molecule has 0 aliphatic rings. The highest BCUT2D eigenvalue weighted by Gasteiger charge is 2.25. The van der Waals surface area contributed by atoms with Crippen molar-refractivity contribution in [2.75, 3.05) is 17.5 Å². The molecule has 0 unspecified atom stereocenters. The van der Waals surface area contributed by atoms with Crippen LogP contribution in [0.2, 0.25) is 0 Å². The molecule has 0 amide bonds. The molecule has 0 N–H and O–H groups in total. The number of carbonyl (C=O) groups is 1. The number of hydrogen-bond donors (Lipinski definition) is 0. The summed E-state index contributed by atoms with van der Waals surface area (Å²) >= 11 is 0. The van der Waals surface area contributed by atoms with Crippen LogP contribution in [0.1, 0.15) is 28.4 Å². The summed E-state index contributed by atoms with van der Waals surface area (Å²) in [5.41, 5.74) is 2.53. The van der Waals surface area contributed by atoms with Gasteiger partial charge in [-0.25, -0.2) is 13.2 Å². The molecule has 0 fully saturated rings. The largest absolute Gasteiger partial charge is 0.462 e. The minimum Gasteiger partial charge on any atom is -0.462 e.